The molecule has 0 bridgehead atoms. The first-order chi connectivity index (χ1) is 6.90. The van der Waals surface area contributed by atoms with Gasteiger partial charge in [-0.25, -0.2) is 0 Å². The molecule has 0 amide bonds. The third-order valence-electron chi connectivity index (χ3n) is 2.47. The fourth-order valence-corrected chi connectivity index (χ4v) is 1.67. The van der Waals surface area contributed by atoms with Gasteiger partial charge in [0.15, 0.2) is 0 Å². The lowest BCUT2D eigenvalue weighted by Gasteiger charge is -2.29. The van der Waals surface area contributed by atoms with E-state index in [4.69, 9.17) is 9.84 Å². The lowest BCUT2D eigenvalue weighted by molar-refractivity contribution is 0.122. The van der Waals surface area contributed by atoms with Crippen LogP contribution in [-0.4, -0.2) is 31.4 Å². The monoisotopic (exact) mass is 193 g/mol. The molecule has 1 N–H and O–H groups in total. The Hall–Kier alpha value is -1.06. The van der Waals surface area contributed by atoms with Crippen molar-refractivity contribution in [3.63, 3.8) is 0 Å². The first kappa shape index (κ1) is 9.49. The SMILES string of the molecule is OCc1cccc(N2CCOCC2)c1. The highest BCUT2D eigenvalue weighted by molar-refractivity contribution is 5.48. The normalized spacial score (nSPS) is 17.1. The first-order valence-corrected chi connectivity index (χ1v) is 4.92. The van der Waals surface area contributed by atoms with E-state index in [2.05, 4.69) is 11.0 Å². The molecular formula is C11H15NO2. The second kappa shape index (κ2) is 4.44. The highest BCUT2D eigenvalue weighted by Gasteiger charge is 2.10. The Morgan fingerprint density at radius 2 is 2.07 bits per heavy atom. The number of ether oxygens (including phenoxy) is 1. The molecule has 0 radical (unpaired) electrons. The fraction of sp³-hybridized carbons (Fsp3) is 0.455. The molecule has 1 aromatic carbocycles. The van der Waals surface area contributed by atoms with Gasteiger partial charge in [0.25, 0.3) is 0 Å². The highest BCUT2D eigenvalue weighted by Crippen LogP contribution is 2.17. The molecule has 0 saturated carbocycles. The number of morpholine rings is 1. The van der Waals surface area contributed by atoms with E-state index in [1.165, 1.54) is 5.69 Å². The summed E-state index contributed by atoms with van der Waals surface area (Å²) in [7, 11) is 0. The Morgan fingerprint density at radius 3 is 2.79 bits per heavy atom. The largest absolute Gasteiger partial charge is 0.392 e. The van der Waals surface area contributed by atoms with E-state index in [0.29, 0.717) is 0 Å². The molecule has 0 spiro atoms. The average Bonchev–Trinajstić information content (AvgIpc) is 2.30. The van der Waals surface area contributed by atoms with Crippen molar-refractivity contribution in [1.82, 2.24) is 0 Å². The summed E-state index contributed by atoms with van der Waals surface area (Å²) in [6.07, 6.45) is 0. The molecule has 1 heterocycles. The molecule has 76 valence electrons. The quantitative estimate of drug-likeness (QED) is 0.761. The number of anilines is 1. The van der Waals surface area contributed by atoms with Crippen LogP contribution in [0.2, 0.25) is 0 Å². The van der Waals surface area contributed by atoms with Gasteiger partial charge in [-0.05, 0) is 17.7 Å². The number of aliphatic hydroxyl groups is 1. The molecule has 0 aromatic heterocycles. The van der Waals surface area contributed by atoms with Crippen molar-refractivity contribution in [2.45, 2.75) is 6.61 Å². The van der Waals surface area contributed by atoms with Crippen molar-refractivity contribution in [1.29, 1.82) is 0 Å². The minimum Gasteiger partial charge on any atom is -0.392 e. The predicted octanol–water partition coefficient (Wildman–Crippen LogP) is 1.02. The van der Waals surface area contributed by atoms with Crippen LogP contribution in [0.1, 0.15) is 5.56 Å². The van der Waals surface area contributed by atoms with E-state index in [9.17, 15) is 0 Å². The van der Waals surface area contributed by atoms with Gasteiger partial charge in [0.2, 0.25) is 0 Å². The molecule has 0 atom stereocenters. The lowest BCUT2D eigenvalue weighted by atomic mass is 10.2. The van der Waals surface area contributed by atoms with Crippen LogP contribution in [0.4, 0.5) is 5.69 Å². The smallest absolute Gasteiger partial charge is 0.0682 e. The van der Waals surface area contributed by atoms with Gasteiger partial charge in [0, 0.05) is 18.8 Å². The molecule has 3 nitrogen and oxygen atoms in total. The Morgan fingerprint density at radius 1 is 1.29 bits per heavy atom. The molecule has 3 heteroatoms. The van der Waals surface area contributed by atoms with Crippen LogP contribution in [0, 0.1) is 0 Å². The van der Waals surface area contributed by atoms with E-state index in [1.807, 2.05) is 18.2 Å². The summed E-state index contributed by atoms with van der Waals surface area (Å²) in [5, 5.41) is 9.02. The summed E-state index contributed by atoms with van der Waals surface area (Å²) in [5.74, 6) is 0. The highest BCUT2D eigenvalue weighted by atomic mass is 16.5. The van der Waals surface area contributed by atoms with Crippen LogP contribution in [-0.2, 0) is 11.3 Å². The van der Waals surface area contributed by atoms with Gasteiger partial charge >= 0.3 is 0 Å². The molecular weight excluding hydrogens is 178 g/mol. The third kappa shape index (κ3) is 2.05. The first-order valence-electron chi connectivity index (χ1n) is 4.92. The van der Waals surface area contributed by atoms with Gasteiger partial charge in [-0.15, -0.1) is 0 Å². The number of hydrogen-bond donors (Lipinski definition) is 1. The van der Waals surface area contributed by atoms with Crippen LogP contribution < -0.4 is 4.90 Å². The van der Waals surface area contributed by atoms with Crippen molar-refractivity contribution in [2.24, 2.45) is 0 Å². The number of benzene rings is 1. The summed E-state index contributed by atoms with van der Waals surface area (Å²) in [5.41, 5.74) is 2.15. The second-order valence-corrected chi connectivity index (χ2v) is 3.43. The van der Waals surface area contributed by atoms with Crippen LogP contribution in [0.15, 0.2) is 24.3 Å². The maximum absolute atomic E-state index is 9.02. The number of aliphatic hydroxyl groups excluding tert-OH is 1. The van der Waals surface area contributed by atoms with Crippen molar-refractivity contribution in [3.05, 3.63) is 29.8 Å². The molecule has 1 saturated heterocycles. The second-order valence-electron chi connectivity index (χ2n) is 3.43. The van der Waals surface area contributed by atoms with Gasteiger partial charge in [0.05, 0.1) is 19.8 Å². The minimum atomic E-state index is 0.109. The standard InChI is InChI=1S/C11H15NO2/c13-9-10-2-1-3-11(8-10)12-4-6-14-7-5-12/h1-3,8,13H,4-7,9H2. The lowest BCUT2D eigenvalue weighted by Crippen LogP contribution is -2.36. The maximum atomic E-state index is 9.02. The van der Waals surface area contributed by atoms with Crippen LogP contribution in [0.3, 0.4) is 0 Å². The fourth-order valence-electron chi connectivity index (χ4n) is 1.67. The van der Waals surface area contributed by atoms with E-state index >= 15 is 0 Å². The predicted molar refractivity (Wildman–Crippen MR) is 55.4 cm³/mol. The number of hydrogen-bond acceptors (Lipinski definition) is 3. The van der Waals surface area contributed by atoms with Crippen LogP contribution >= 0.6 is 0 Å². The Bertz CT molecular complexity index is 295. The van der Waals surface area contributed by atoms with Gasteiger partial charge in [0.1, 0.15) is 0 Å². The molecule has 0 unspecified atom stereocenters. The molecule has 1 aliphatic heterocycles. The third-order valence-corrected chi connectivity index (χ3v) is 2.47. The molecule has 14 heavy (non-hydrogen) atoms. The van der Waals surface area contributed by atoms with E-state index in [-0.39, 0.29) is 6.61 Å². The summed E-state index contributed by atoms with van der Waals surface area (Å²) < 4.78 is 5.29. The van der Waals surface area contributed by atoms with Gasteiger partial charge in [-0.1, -0.05) is 12.1 Å². The molecule has 1 aromatic rings. The molecule has 2 rings (SSSR count). The maximum Gasteiger partial charge on any atom is 0.0682 e. The number of nitrogens with zero attached hydrogens (tertiary/aromatic N) is 1. The molecule has 1 fully saturated rings. The summed E-state index contributed by atoms with van der Waals surface area (Å²) >= 11 is 0. The van der Waals surface area contributed by atoms with Crippen molar-refractivity contribution in [2.75, 3.05) is 31.2 Å². The topological polar surface area (TPSA) is 32.7 Å². The Labute approximate surface area is 83.9 Å². The van der Waals surface area contributed by atoms with Crippen LogP contribution in [0.25, 0.3) is 0 Å². The van der Waals surface area contributed by atoms with Gasteiger partial charge in [-0.3, -0.25) is 0 Å². The van der Waals surface area contributed by atoms with E-state index in [1.54, 1.807) is 0 Å². The van der Waals surface area contributed by atoms with Crippen LogP contribution in [0.5, 0.6) is 0 Å². The van der Waals surface area contributed by atoms with E-state index < -0.39 is 0 Å². The number of rotatable bonds is 2. The minimum absolute atomic E-state index is 0.109. The van der Waals surface area contributed by atoms with Gasteiger partial charge < -0.3 is 14.7 Å². The summed E-state index contributed by atoms with van der Waals surface area (Å²) in [4.78, 5) is 2.28. The average molecular weight is 193 g/mol. The Balaban J connectivity index is 2.13. The molecule has 1 aliphatic rings. The van der Waals surface area contributed by atoms with Gasteiger partial charge in [-0.2, -0.15) is 0 Å². The molecule has 0 aliphatic carbocycles. The van der Waals surface area contributed by atoms with Crippen molar-refractivity contribution >= 4 is 5.69 Å². The zero-order valence-corrected chi connectivity index (χ0v) is 8.15. The zero-order valence-electron chi connectivity index (χ0n) is 8.15. The van der Waals surface area contributed by atoms with Crippen molar-refractivity contribution in [3.8, 4) is 0 Å². The Kier molecular flexibility index (Phi) is 3.01. The summed E-state index contributed by atoms with van der Waals surface area (Å²) in [6.45, 7) is 3.58. The van der Waals surface area contributed by atoms with E-state index in [0.717, 1.165) is 31.9 Å². The van der Waals surface area contributed by atoms with Crippen molar-refractivity contribution < 1.29 is 9.84 Å². The zero-order chi connectivity index (χ0) is 9.80. The summed E-state index contributed by atoms with van der Waals surface area (Å²) in [6, 6.07) is 8.02.